The van der Waals surface area contributed by atoms with Gasteiger partial charge >= 0.3 is 0 Å². The molecule has 0 saturated carbocycles. The molecule has 1 aromatic rings. The summed E-state index contributed by atoms with van der Waals surface area (Å²) in [4.78, 5) is 0. The van der Waals surface area contributed by atoms with Gasteiger partial charge in [0, 0.05) is 12.6 Å². The first-order chi connectivity index (χ1) is 7.71. The maximum Gasteiger partial charge on any atom is 0.126 e. The van der Waals surface area contributed by atoms with Crippen LogP contribution in [0.25, 0.3) is 0 Å². The van der Waals surface area contributed by atoms with Crippen molar-refractivity contribution in [3.8, 4) is 0 Å². The molecule has 1 aromatic carbocycles. The third-order valence-electron chi connectivity index (χ3n) is 3.85. The Bertz CT molecular complexity index is 420. The number of hydrogen-bond donors (Lipinski definition) is 1. The lowest BCUT2D eigenvalue weighted by atomic mass is 9.86. The van der Waals surface area contributed by atoms with Gasteiger partial charge in [-0.3, -0.25) is 0 Å². The van der Waals surface area contributed by atoms with Crippen molar-refractivity contribution in [3.05, 3.63) is 35.1 Å². The molecule has 3 heteroatoms. The molecule has 0 aromatic heterocycles. The summed E-state index contributed by atoms with van der Waals surface area (Å²) in [6.45, 7) is 0.692. The van der Waals surface area contributed by atoms with Crippen LogP contribution >= 0.6 is 0 Å². The van der Waals surface area contributed by atoms with E-state index in [4.69, 9.17) is 10.5 Å². The number of nitrogens with two attached hydrogens (primary N) is 1. The molecular formula is C13H16FNO. The summed E-state index contributed by atoms with van der Waals surface area (Å²) in [5.41, 5.74) is 7.57. The Morgan fingerprint density at radius 2 is 2.31 bits per heavy atom. The number of benzene rings is 1. The first-order valence-electron chi connectivity index (χ1n) is 5.89. The zero-order chi connectivity index (χ0) is 11.2. The van der Waals surface area contributed by atoms with Crippen LogP contribution < -0.4 is 5.73 Å². The van der Waals surface area contributed by atoms with Gasteiger partial charge in [-0.1, -0.05) is 12.1 Å². The summed E-state index contributed by atoms with van der Waals surface area (Å²) >= 11 is 0. The monoisotopic (exact) mass is 221 g/mol. The van der Waals surface area contributed by atoms with Gasteiger partial charge in [0.05, 0.1) is 5.60 Å². The maximum atomic E-state index is 13.6. The highest BCUT2D eigenvalue weighted by atomic mass is 19.1. The Morgan fingerprint density at radius 1 is 1.44 bits per heavy atom. The molecule has 2 unspecified atom stereocenters. The summed E-state index contributed by atoms with van der Waals surface area (Å²) in [5.74, 6) is -0.0999. The maximum absolute atomic E-state index is 13.6. The van der Waals surface area contributed by atoms with Crippen LogP contribution in [0, 0.1) is 5.82 Å². The minimum Gasteiger partial charge on any atom is -0.370 e. The van der Waals surface area contributed by atoms with Crippen molar-refractivity contribution in [1.29, 1.82) is 0 Å². The summed E-state index contributed by atoms with van der Waals surface area (Å²) in [5, 5.41) is 0. The lowest BCUT2D eigenvalue weighted by Gasteiger charge is -2.37. The number of ether oxygens (including phenoxy) is 1. The topological polar surface area (TPSA) is 35.2 Å². The van der Waals surface area contributed by atoms with Crippen molar-refractivity contribution < 1.29 is 9.13 Å². The molecule has 2 atom stereocenters. The minimum atomic E-state index is -0.297. The van der Waals surface area contributed by atoms with Crippen LogP contribution in [0.1, 0.15) is 30.4 Å². The van der Waals surface area contributed by atoms with E-state index in [1.165, 1.54) is 6.07 Å². The number of fused-ring (bicyclic) bond motifs is 2. The van der Waals surface area contributed by atoms with Crippen molar-refractivity contribution in [2.45, 2.75) is 37.3 Å². The summed E-state index contributed by atoms with van der Waals surface area (Å²) in [7, 11) is 0. The van der Waals surface area contributed by atoms with Crippen LogP contribution in [0.15, 0.2) is 18.2 Å². The van der Waals surface area contributed by atoms with Gasteiger partial charge < -0.3 is 10.5 Å². The van der Waals surface area contributed by atoms with Gasteiger partial charge in [-0.15, -0.1) is 0 Å². The zero-order valence-electron chi connectivity index (χ0n) is 9.21. The lowest BCUT2D eigenvalue weighted by Crippen LogP contribution is -2.41. The van der Waals surface area contributed by atoms with E-state index in [0.29, 0.717) is 6.61 Å². The molecule has 0 bridgehead atoms. The zero-order valence-corrected chi connectivity index (χ0v) is 9.21. The van der Waals surface area contributed by atoms with Crippen molar-refractivity contribution >= 4 is 0 Å². The van der Waals surface area contributed by atoms with Crippen LogP contribution in [-0.2, 0) is 16.8 Å². The molecule has 1 fully saturated rings. The molecule has 0 amide bonds. The van der Waals surface area contributed by atoms with E-state index in [-0.39, 0.29) is 17.5 Å². The molecule has 0 radical (unpaired) electrons. The first kappa shape index (κ1) is 10.2. The van der Waals surface area contributed by atoms with Crippen LogP contribution in [0.2, 0.25) is 0 Å². The Labute approximate surface area is 94.6 Å². The molecule has 1 aliphatic carbocycles. The van der Waals surface area contributed by atoms with Gasteiger partial charge in [0.2, 0.25) is 0 Å². The molecule has 3 rings (SSSR count). The van der Waals surface area contributed by atoms with E-state index < -0.39 is 0 Å². The number of halogens is 1. The third-order valence-corrected chi connectivity index (χ3v) is 3.85. The fourth-order valence-corrected chi connectivity index (χ4v) is 3.05. The largest absolute Gasteiger partial charge is 0.370 e. The standard InChI is InChI=1S/C13H16FNO/c14-12-3-1-2-11-10(12)4-6-13(11)8-9(15)5-7-16-13/h1-3,9H,4-8,15H2. The Morgan fingerprint density at radius 3 is 3.12 bits per heavy atom. The van der Waals surface area contributed by atoms with E-state index in [1.54, 1.807) is 6.07 Å². The van der Waals surface area contributed by atoms with E-state index in [1.807, 2.05) is 6.07 Å². The fraction of sp³-hybridized carbons (Fsp3) is 0.538. The van der Waals surface area contributed by atoms with Crippen LogP contribution in [-0.4, -0.2) is 12.6 Å². The van der Waals surface area contributed by atoms with Gasteiger partial charge in [0.25, 0.3) is 0 Å². The molecule has 16 heavy (non-hydrogen) atoms. The first-order valence-corrected chi connectivity index (χ1v) is 5.89. The quantitative estimate of drug-likeness (QED) is 0.728. The number of hydrogen-bond acceptors (Lipinski definition) is 2. The molecule has 1 saturated heterocycles. The minimum absolute atomic E-state index is 0.0999. The molecular weight excluding hydrogens is 205 g/mol. The Kier molecular flexibility index (Phi) is 2.26. The molecule has 1 spiro atoms. The van der Waals surface area contributed by atoms with E-state index in [2.05, 4.69) is 0 Å². The predicted molar refractivity (Wildman–Crippen MR) is 59.6 cm³/mol. The third kappa shape index (κ3) is 1.39. The van der Waals surface area contributed by atoms with E-state index >= 15 is 0 Å². The van der Waals surface area contributed by atoms with Crippen LogP contribution in [0.5, 0.6) is 0 Å². The second-order valence-electron chi connectivity index (χ2n) is 4.86. The van der Waals surface area contributed by atoms with Gasteiger partial charge in [-0.2, -0.15) is 0 Å². The molecule has 86 valence electrons. The van der Waals surface area contributed by atoms with E-state index in [9.17, 15) is 4.39 Å². The van der Waals surface area contributed by atoms with Crippen molar-refractivity contribution in [1.82, 2.24) is 0 Å². The molecule has 1 heterocycles. The predicted octanol–water partition coefficient (Wildman–Crippen LogP) is 2.10. The van der Waals surface area contributed by atoms with Crippen LogP contribution in [0.4, 0.5) is 4.39 Å². The van der Waals surface area contributed by atoms with Crippen molar-refractivity contribution in [2.24, 2.45) is 5.73 Å². The van der Waals surface area contributed by atoms with Crippen molar-refractivity contribution in [2.75, 3.05) is 6.61 Å². The fourth-order valence-electron chi connectivity index (χ4n) is 3.05. The molecule has 2 N–H and O–H groups in total. The molecule has 1 aliphatic heterocycles. The summed E-state index contributed by atoms with van der Waals surface area (Å²) in [6, 6.07) is 5.47. The summed E-state index contributed by atoms with van der Waals surface area (Å²) < 4.78 is 19.6. The number of rotatable bonds is 0. The van der Waals surface area contributed by atoms with Gasteiger partial charge in [0.15, 0.2) is 0 Å². The highest BCUT2D eigenvalue weighted by Crippen LogP contribution is 2.45. The Balaban J connectivity index is 2.04. The van der Waals surface area contributed by atoms with Crippen molar-refractivity contribution in [3.63, 3.8) is 0 Å². The summed E-state index contributed by atoms with van der Waals surface area (Å²) in [6.07, 6.45) is 3.38. The molecule has 2 nitrogen and oxygen atoms in total. The second-order valence-corrected chi connectivity index (χ2v) is 4.86. The molecule has 2 aliphatic rings. The van der Waals surface area contributed by atoms with Gasteiger partial charge in [0.1, 0.15) is 5.82 Å². The average Bonchev–Trinajstić information content (AvgIpc) is 2.59. The van der Waals surface area contributed by atoms with Gasteiger partial charge in [-0.05, 0) is 42.9 Å². The van der Waals surface area contributed by atoms with Gasteiger partial charge in [-0.25, -0.2) is 4.39 Å². The lowest BCUT2D eigenvalue weighted by molar-refractivity contribution is -0.0885. The SMILES string of the molecule is NC1CCOC2(CCc3c(F)cccc32)C1. The van der Waals surface area contributed by atoms with E-state index in [0.717, 1.165) is 36.8 Å². The Hall–Kier alpha value is -0.930. The average molecular weight is 221 g/mol. The van der Waals surface area contributed by atoms with Crippen LogP contribution in [0.3, 0.4) is 0 Å². The normalized spacial score (nSPS) is 33.0. The highest BCUT2D eigenvalue weighted by Gasteiger charge is 2.43. The smallest absolute Gasteiger partial charge is 0.126 e. The second kappa shape index (κ2) is 3.54. The highest BCUT2D eigenvalue weighted by molar-refractivity contribution is 5.39.